The lowest BCUT2D eigenvalue weighted by molar-refractivity contribution is 0.102. The molecule has 0 aliphatic carbocycles. The SMILES string of the molecule is CCc1cc(Br)ccc1NC(=O)c1c(C)c(-c2ccc(C)cc2)nc2c(C)cc(C)cc12. The number of anilines is 1. The van der Waals surface area contributed by atoms with E-state index in [1.807, 2.05) is 19.1 Å². The zero-order chi connectivity index (χ0) is 23.0. The lowest BCUT2D eigenvalue weighted by Gasteiger charge is -2.18. The fraction of sp³-hybridized carbons (Fsp3) is 0.214. The van der Waals surface area contributed by atoms with Crippen molar-refractivity contribution in [1.29, 1.82) is 0 Å². The van der Waals surface area contributed by atoms with Gasteiger partial charge in [0.15, 0.2) is 0 Å². The first-order chi connectivity index (χ1) is 15.3. The molecule has 1 aromatic heterocycles. The smallest absolute Gasteiger partial charge is 0.256 e. The molecule has 0 atom stereocenters. The Hall–Kier alpha value is -2.98. The molecule has 3 nitrogen and oxygen atoms in total. The Morgan fingerprint density at radius 2 is 1.66 bits per heavy atom. The van der Waals surface area contributed by atoms with Crippen LogP contribution in [0.5, 0.6) is 0 Å². The maximum absolute atomic E-state index is 13.7. The number of carbonyl (C=O) groups is 1. The van der Waals surface area contributed by atoms with Crippen molar-refractivity contribution >= 4 is 38.4 Å². The van der Waals surface area contributed by atoms with Crippen molar-refractivity contribution < 1.29 is 4.79 Å². The van der Waals surface area contributed by atoms with Gasteiger partial charge in [0.1, 0.15) is 0 Å². The van der Waals surface area contributed by atoms with Crippen LogP contribution in [0.15, 0.2) is 59.1 Å². The van der Waals surface area contributed by atoms with Crippen LogP contribution >= 0.6 is 15.9 Å². The Kier molecular flexibility index (Phi) is 6.16. The number of hydrogen-bond donors (Lipinski definition) is 1. The lowest BCUT2D eigenvalue weighted by Crippen LogP contribution is -2.16. The molecule has 32 heavy (non-hydrogen) atoms. The average Bonchev–Trinajstić information content (AvgIpc) is 2.75. The monoisotopic (exact) mass is 486 g/mol. The second kappa shape index (κ2) is 8.87. The fourth-order valence-electron chi connectivity index (χ4n) is 4.26. The standard InChI is InChI=1S/C28H27BrN2O/c1-6-20-15-22(29)11-12-24(20)30-28(32)25-19(5)27(21-9-7-16(2)8-10-21)31-26-18(4)13-17(3)14-23(25)26/h7-15H,6H2,1-5H3,(H,30,32). The summed E-state index contributed by atoms with van der Waals surface area (Å²) in [7, 11) is 0. The van der Waals surface area contributed by atoms with E-state index in [0.29, 0.717) is 5.56 Å². The molecule has 0 aliphatic heterocycles. The first kappa shape index (κ1) is 22.2. The number of aromatic nitrogens is 1. The van der Waals surface area contributed by atoms with Gasteiger partial charge in [-0.3, -0.25) is 4.79 Å². The molecule has 1 N–H and O–H groups in total. The van der Waals surface area contributed by atoms with Gasteiger partial charge < -0.3 is 5.32 Å². The molecule has 4 heteroatoms. The third-order valence-corrected chi connectivity index (χ3v) is 6.41. The van der Waals surface area contributed by atoms with Crippen LogP contribution < -0.4 is 5.32 Å². The average molecular weight is 487 g/mol. The topological polar surface area (TPSA) is 42.0 Å². The molecule has 0 spiro atoms. The van der Waals surface area contributed by atoms with Crippen LogP contribution in [0, 0.1) is 27.7 Å². The molecule has 1 heterocycles. The molecule has 0 saturated heterocycles. The highest BCUT2D eigenvalue weighted by molar-refractivity contribution is 9.10. The second-order valence-electron chi connectivity index (χ2n) is 8.41. The molecule has 3 aromatic carbocycles. The van der Waals surface area contributed by atoms with Crippen LogP contribution in [0.4, 0.5) is 5.69 Å². The van der Waals surface area contributed by atoms with Crippen molar-refractivity contribution in [2.75, 3.05) is 5.32 Å². The molecule has 0 unspecified atom stereocenters. The van der Waals surface area contributed by atoms with E-state index in [1.54, 1.807) is 0 Å². The molecule has 0 aliphatic rings. The minimum absolute atomic E-state index is 0.106. The molecular weight excluding hydrogens is 460 g/mol. The summed E-state index contributed by atoms with van der Waals surface area (Å²) >= 11 is 3.53. The predicted molar refractivity (Wildman–Crippen MR) is 138 cm³/mol. The summed E-state index contributed by atoms with van der Waals surface area (Å²) in [5, 5.41) is 4.07. The molecule has 0 bridgehead atoms. The van der Waals surface area contributed by atoms with Crippen LogP contribution in [0.2, 0.25) is 0 Å². The number of pyridine rings is 1. The van der Waals surface area contributed by atoms with Gasteiger partial charge in [0, 0.05) is 21.1 Å². The zero-order valence-electron chi connectivity index (χ0n) is 19.1. The van der Waals surface area contributed by atoms with E-state index in [0.717, 1.165) is 61.0 Å². The van der Waals surface area contributed by atoms with Crippen molar-refractivity contribution in [3.63, 3.8) is 0 Å². The third-order valence-electron chi connectivity index (χ3n) is 5.92. The molecular formula is C28H27BrN2O. The fourth-order valence-corrected chi connectivity index (χ4v) is 4.67. The van der Waals surface area contributed by atoms with Gasteiger partial charge in [-0.05, 0) is 75.1 Å². The van der Waals surface area contributed by atoms with Crippen LogP contribution in [-0.2, 0) is 6.42 Å². The van der Waals surface area contributed by atoms with Crippen LogP contribution in [0.25, 0.3) is 22.2 Å². The Morgan fingerprint density at radius 3 is 2.34 bits per heavy atom. The van der Waals surface area contributed by atoms with Crippen LogP contribution in [0.1, 0.15) is 45.1 Å². The largest absolute Gasteiger partial charge is 0.322 e. The summed E-state index contributed by atoms with van der Waals surface area (Å²) in [5.41, 5.74) is 9.62. The van der Waals surface area contributed by atoms with E-state index in [2.05, 4.69) is 91.4 Å². The quantitative estimate of drug-likeness (QED) is 0.320. The van der Waals surface area contributed by atoms with Gasteiger partial charge >= 0.3 is 0 Å². The summed E-state index contributed by atoms with van der Waals surface area (Å²) < 4.78 is 1.01. The number of amides is 1. The molecule has 0 fully saturated rings. The van der Waals surface area contributed by atoms with Crippen LogP contribution in [-0.4, -0.2) is 10.9 Å². The Labute approximate surface area is 198 Å². The zero-order valence-corrected chi connectivity index (χ0v) is 20.7. The number of hydrogen-bond acceptors (Lipinski definition) is 2. The highest BCUT2D eigenvalue weighted by Crippen LogP contribution is 2.33. The van der Waals surface area contributed by atoms with Gasteiger partial charge in [-0.25, -0.2) is 4.98 Å². The van der Waals surface area contributed by atoms with E-state index in [1.165, 1.54) is 5.56 Å². The second-order valence-corrected chi connectivity index (χ2v) is 9.33. The van der Waals surface area contributed by atoms with E-state index in [9.17, 15) is 4.79 Å². The molecule has 4 rings (SSSR count). The first-order valence-electron chi connectivity index (χ1n) is 10.9. The number of nitrogens with one attached hydrogen (secondary N) is 1. The Morgan fingerprint density at radius 1 is 0.938 bits per heavy atom. The predicted octanol–water partition coefficient (Wildman–Crippen LogP) is 7.71. The van der Waals surface area contributed by atoms with E-state index in [4.69, 9.17) is 4.98 Å². The lowest BCUT2D eigenvalue weighted by atomic mass is 9.94. The number of benzene rings is 3. The number of rotatable bonds is 4. The summed E-state index contributed by atoms with van der Waals surface area (Å²) in [4.78, 5) is 18.7. The van der Waals surface area contributed by atoms with E-state index >= 15 is 0 Å². The molecule has 0 saturated carbocycles. The summed E-state index contributed by atoms with van der Waals surface area (Å²) in [5.74, 6) is -0.106. The highest BCUT2D eigenvalue weighted by Gasteiger charge is 2.21. The van der Waals surface area contributed by atoms with Gasteiger partial charge in [0.05, 0.1) is 16.8 Å². The maximum atomic E-state index is 13.7. The summed E-state index contributed by atoms with van der Waals surface area (Å²) in [6.07, 6.45) is 0.831. The first-order valence-corrected chi connectivity index (χ1v) is 11.7. The van der Waals surface area contributed by atoms with Gasteiger partial charge in [-0.2, -0.15) is 0 Å². The van der Waals surface area contributed by atoms with Crippen molar-refractivity contribution in [2.24, 2.45) is 0 Å². The van der Waals surface area contributed by atoms with Crippen molar-refractivity contribution in [3.8, 4) is 11.3 Å². The minimum atomic E-state index is -0.106. The number of nitrogens with zero attached hydrogens (tertiary/aromatic N) is 1. The molecule has 1 amide bonds. The van der Waals surface area contributed by atoms with Crippen LogP contribution in [0.3, 0.4) is 0 Å². The third kappa shape index (κ3) is 4.20. The van der Waals surface area contributed by atoms with E-state index < -0.39 is 0 Å². The summed E-state index contributed by atoms with van der Waals surface area (Å²) in [6.45, 7) is 10.3. The van der Waals surface area contributed by atoms with Gasteiger partial charge in [-0.1, -0.05) is 64.3 Å². The normalized spacial score (nSPS) is 11.1. The van der Waals surface area contributed by atoms with E-state index in [-0.39, 0.29) is 5.91 Å². The number of carbonyl (C=O) groups excluding carboxylic acids is 1. The molecule has 0 radical (unpaired) electrons. The Balaban J connectivity index is 1.93. The van der Waals surface area contributed by atoms with Gasteiger partial charge in [0.25, 0.3) is 5.91 Å². The minimum Gasteiger partial charge on any atom is -0.322 e. The van der Waals surface area contributed by atoms with Gasteiger partial charge in [-0.15, -0.1) is 0 Å². The van der Waals surface area contributed by atoms with Crippen molar-refractivity contribution in [1.82, 2.24) is 4.98 Å². The maximum Gasteiger partial charge on any atom is 0.256 e. The van der Waals surface area contributed by atoms with Crippen molar-refractivity contribution in [3.05, 3.63) is 92.5 Å². The highest BCUT2D eigenvalue weighted by atomic mass is 79.9. The van der Waals surface area contributed by atoms with Crippen molar-refractivity contribution in [2.45, 2.75) is 41.0 Å². The summed E-state index contributed by atoms with van der Waals surface area (Å²) in [6, 6.07) is 18.5. The van der Waals surface area contributed by atoms with Gasteiger partial charge in [0.2, 0.25) is 0 Å². The molecule has 4 aromatic rings. The number of halogens is 1. The molecule has 162 valence electrons. The Bertz CT molecular complexity index is 1340. The number of aryl methyl sites for hydroxylation is 4. The number of fused-ring (bicyclic) bond motifs is 1.